The maximum Gasteiger partial charge on any atom is 0.263 e. The van der Waals surface area contributed by atoms with Gasteiger partial charge in [-0.2, -0.15) is 0 Å². The summed E-state index contributed by atoms with van der Waals surface area (Å²) in [6.07, 6.45) is -0.495. The Balaban J connectivity index is 2.96. The van der Waals surface area contributed by atoms with Crippen LogP contribution in [0.1, 0.15) is 31.4 Å². The third-order valence-corrected chi connectivity index (χ3v) is 2.91. The number of rotatable bonds is 3. The molecule has 0 N–H and O–H groups in total. The monoisotopic (exact) mass is 274 g/mol. The molecule has 0 fully saturated rings. The summed E-state index contributed by atoms with van der Waals surface area (Å²) in [6, 6.07) is 6.43. The van der Waals surface area contributed by atoms with Crippen LogP contribution in [0.5, 0.6) is 0 Å². The molecule has 0 aliphatic rings. The fraction of sp³-hybridized carbons (Fsp3) is 0.333. The zero-order valence-corrected chi connectivity index (χ0v) is 10.3. The van der Waals surface area contributed by atoms with Gasteiger partial charge in [-0.05, 0) is 25.5 Å². The minimum atomic E-state index is -2.40. The number of allylic oxidation sites excluding steroid dienone is 1. The predicted molar refractivity (Wildman–Crippen MR) is 63.4 cm³/mol. The van der Waals surface area contributed by atoms with Gasteiger partial charge in [-0.3, -0.25) is 0 Å². The summed E-state index contributed by atoms with van der Waals surface area (Å²) in [5, 5.41) is 0. The minimum absolute atomic E-state index is 0.0683. The molecule has 0 spiro atoms. The molecule has 1 rings (SSSR count). The lowest BCUT2D eigenvalue weighted by molar-refractivity contribution is 0.151. The predicted octanol–water partition coefficient (Wildman–Crippen LogP) is 4.81. The molecule has 1 atom stereocenters. The highest BCUT2D eigenvalue weighted by molar-refractivity contribution is 9.09. The molecule has 15 heavy (non-hydrogen) atoms. The first-order valence-electron chi connectivity index (χ1n) is 4.71. The summed E-state index contributed by atoms with van der Waals surface area (Å²) < 4.78 is 24.8. The van der Waals surface area contributed by atoms with Crippen molar-refractivity contribution in [1.82, 2.24) is 0 Å². The van der Waals surface area contributed by atoms with Crippen LogP contribution in [0.4, 0.5) is 8.78 Å². The van der Waals surface area contributed by atoms with Crippen molar-refractivity contribution in [3.05, 3.63) is 41.0 Å². The van der Waals surface area contributed by atoms with Crippen molar-refractivity contribution >= 4 is 22.0 Å². The van der Waals surface area contributed by atoms with Crippen LogP contribution in [0.3, 0.4) is 0 Å². The van der Waals surface area contributed by atoms with E-state index in [0.717, 1.165) is 11.1 Å². The van der Waals surface area contributed by atoms with Crippen LogP contribution in [-0.4, -0.2) is 4.83 Å². The molecule has 0 bridgehead atoms. The summed E-state index contributed by atoms with van der Waals surface area (Å²) in [5.41, 5.74) is 2.00. The van der Waals surface area contributed by atoms with Crippen molar-refractivity contribution in [2.75, 3.05) is 0 Å². The van der Waals surface area contributed by atoms with Gasteiger partial charge < -0.3 is 0 Å². The first-order chi connectivity index (χ1) is 7.00. The highest BCUT2D eigenvalue weighted by Gasteiger charge is 2.06. The maximum absolute atomic E-state index is 12.4. The van der Waals surface area contributed by atoms with Gasteiger partial charge in [0.2, 0.25) is 0 Å². The second-order valence-electron chi connectivity index (χ2n) is 3.48. The minimum Gasteiger partial charge on any atom is -0.205 e. The van der Waals surface area contributed by atoms with Gasteiger partial charge in [0.1, 0.15) is 0 Å². The summed E-state index contributed by atoms with van der Waals surface area (Å²) in [4.78, 5) is 0.257. The number of halogens is 3. The molecule has 0 saturated carbocycles. The molecule has 1 unspecified atom stereocenters. The Kier molecular flexibility index (Phi) is 4.45. The Bertz CT molecular complexity index is 356. The van der Waals surface area contributed by atoms with E-state index in [0.29, 0.717) is 0 Å². The fourth-order valence-electron chi connectivity index (χ4n) is 1.16. The molecule has 0 nitrogen and oxygen atoms in total. The van der Waals surface area contributed by atoms with Crippen molar-refractivity contribution in [2.45, 2.75) is 25.1 Å². The van der Waals surface area contributed by atoms with Crippen LogP contribution in [0, 0.1) is 0 Å². The standard InChI is InChI=1S/C12H13BrF2/c1-8(9(2)13)6-10-4-3-5-11(7-10)12(14)15/h3-7,9,12H,1-2H3/b8-6+. The van der Waals surface area contributed by atoms with Gasteiger partial charge in [0.15, 0.2) is 0 Å². The highest BCUT2D eigenvalue weighted by atomic mass is 79.9. The van der Waals surface area contributed by atoms with Gasteiger partial charge in [-0.1, -0.05) is 45.8 Å². The van der Waals surface area contributed by atoms with Crippen LogP contribution >= 0.6 is 15.9 Å². The average Bonchev–Trinajstić information content (AvgIpc) is 2.18. The topological polar surface area (TPSA) is 0 Å². The molecule has 0 aromatic heterocycles. The quantitative estimate of drug-likeness (QED) is 0.694. The second-order valence-corrected chi connectivity index (χ2v) is 4.85. The summed E-state index contributed by atoms with van der Waals surface area (Å²) in [5.74, 6) is 0. The molecule has 3 heteroatoms. The van der Waals surface area contributed by atoms with E-state index in [1.807, 2.05) is 26.0 Å². The van der Waals surface area contributed by atoms with Crippen molar-refractivity contribution in [3.8, 4) is 0 Å². The lowest BCUT2D eigenvalue weighted by atomic mass is 10.1. The van der Waals surface area contributed by atoms with Gasteiger partial charge in [0, 0.05) is 10.4 Å². The Labute approximate surface area is 97.1 Å². The normalized spacial score (nSPS) is 14.4. The zero-order valence-electron chi connectivity index (χ0n) is 8.68. The van der Waals surface area contributed by atoms with Gasteiger partial charge in [-0.15, -0.1) is 0 Å². The van der Waals surface area contributed by atoms with Crippen LogP contribution in [0.25, 0.3) is 6.08 Å². The van der Waals surface area contributed by atoms with E-state index in [4.69, 9.17) is 0 Å². The van der Waals surface area contributed by atoms with E-state index in [2.05, 4.69) is 15.9 Å². The molecule has 0 radical (unpaired) electrons. The molecule has 0 heterocycles. The number of benzene rings is 1. The molecular weight excluding hydrogens is 262 g/mol. The zero-order chi connectivity index (χ0) is 11.4. The largest absolute Gasteiger partial charge is 0.263 e. The number of alkyl halides is 3. The van der Waals surface area contributed by atoms with E-state index < -0.39 is 6.43 Å². The van der Waals surface area contributed by atoms with E-state index >= 15 is 0 Å². The molecule has 0 aliphatic carbocycles. The Morgan fingerprint density at radius 1 is 1.40 bits per heavy atom. The smallest absolute Gasteiger partial charge is 0.205 e. The third-order valence-electron chi connectivity index (χ3n) is 2.18. The van der Waals surface area contributed by atoms with Crippen LogP contribution in [0.15, 0.2) is 29.8 Å². The van der Waals surface area contributed by atoms with Gasteiger partial charge in [0.25, 0.3) is 6.43 Å². The van der Waals surface area contributed by atoms with E-state index in [1.165, 1.54) is 12.1 Å². The molecule has 0 saturated heterocycles. The summed E-state index contributed by atoms with van der Waals surface area (Å²) in [6.45, 7) is 3.97. The fourth-order valence-corrected chi connectivity index (χ4v) is 1.29. The van der Waals surface area contributed by atoms with Crippen molar-refractivity contribution in [1.29, 1.82) is 0 Å². The SMILES string of the molecule is C/C(=C\c1cccc(C(F)F)c1)C(C)Br. The molecule has 1 aromatic rings. The first-order valence-corrected chi connectivity index (χ1v) is 5.62. The van der Waals surface area contributed by atoms with Gasteiger partial charge in [-0.25, -0.2) is 8.78 Å². The van der Waals surface area contributed by atoms with Crippen molar-refractivity contribution in [3.63, 3.8) is 0 Å². The van der Waals surface area contributed by atoms with Crippen LogP contribution in [0.2, 0.25) is 0 Å². The van der Waals surface area contributed by atoms with Crippen LogP contribution < -0.4 is 0 Å². The third kappa shape index (κ3) is 3.74. The molecule has 1 aromatic carbocycles. The van der Waals surface area contributed by atoms with E-state index in [-0.39, 0.29) is 10.4 Å². The van der Waals surface area contributed by atoms with E-state index in [9.17, 15) is 8.78 Å². The Morgan fingerprint density at radius 3 is 2.60 bits per heavy atom. The molecule has 82 valence electrons. The lowest BCUT2D eigenvalue weighted by Gasteiger charge is -2.05. The molecule has 0 amide bonds. The lowest BCUT2D eigenvalue weighted by Crippen LogP contribution is -1.91. The number of hydrogen-bond acceptors (Lipinski definition) is 0. The Morgan fingerprint density at radius 2 is 2.07 bits per heavy atom. The molecule has 0 aliphatic heterocycles. The Hall–Kier alpha value is -0.700. The van der Waals surface area contributed by atoms with E-state index in [1.54, 1.807) is 6.07 Å². The second kappa shape index (κ2) is 5.40. The summed E-state index contributed by atoms with van der Waals surface area (Å²) >= 11 is 3.43. The van der Waals surface area contributed by atoms with Crippen LogP contribution in [-0.2, 0) is 0 Å². The average molecular weight is 275 g/mol. The first kappa shape index (κ1) is 12.4. The van der Waals surface area contributed by atoms with Gasteiger partial charge >= 0.3 is 0 Å². The van der Waals surface area contributed by atoms with Gasteiger partial charge in [0.05, 0.1) is 0 Å². The van der Waals surface area contributed by atoms with Crippen molar-refractivity contribution < 1.29 is 8.78 Å². The van der Waals surface area contributed by atoms with Crippen molar-refractivity contribution in [2.24, 2.45) is 0 Å². The molecular formula is C12H13BrF2. The maximum atomic E-state index is 12.4. The summed E-state index contributed by atoms with van der Waals surface area (Å²) in [7, 11) is 0. The number of hydrogen-bond donors (Lipinski definition) is 0. The highest BCUT2D eigenvalue weighted by Crippen LogP contribution is 2.21.